The molecule has 0 rings (SSSR count). The summed E-state index contributed by atoms with van der Waals surface area (Å²) < 4.78 is 0. The van der Waals surface area contributed by atoms with Crippen LogP contribution in [0.5, 0.6) is 0 Å². The molecule has 14 heteroatoms. The first-order chi connectivity index (χ1) is 36.5. The minimum atomic E-state index is -0.291. The Morgan fingerprint density at radius 2 is 0.679 bits per heavy atom. The molecule has 0 aliphatic carbocycles. The Morgan fingerprint density at radius 3 is 1.05 bits per heavy atom. The zero-order valence-corrected chi connectivity index (χ0v) is 54.5. The van der Waals surface area contributed by atoms with E-state index in [0.29, 0.717) is 67.7 Å². The van der Waals surface area contributed by atoms with Crippen molar-refractivity contribution in [2.45, 2.75) is 321 Å². The topological polar surface area (TPSA) is 199 Å². The fourth-order valence-corrected chi connectivity index (χ4v) is 8.94. The minimum absolute atomic E-state index is 0.0143. The maximum atomic E-state index is 13.3. The molecule has 78 heavy (non-hydrogen) atoms. The SMILES string of the molecule is CC(C)CCCCC(=O)NCCCCC(NC(C)C)C(=O)C(C)C.CC(C)CCCCC(=O)NCCCCC(NC(C)C)C(=O)CC(CCCCNC(C)C)C(=O)NC(C)C.CC(C)NCCCC(NC(C)C)C(=O)C(C)C. The molecule has 0 aromatic rings. The van der Waals surface area contributed by atoms with Crippen LogP contribution in [0.15, 0.2) is 0 Å². The summed E-state index contributed by atoms with van der Waals surface area (Å²) in [4.78, 5) is 74.2. The van der Waals surface area contributed by atoms with E-state index in [-0.39, 0.29) is 83.7 Å². The van der Waals surface area contributed by atoms with Gasteiger partial charge in [0.05, 0.1) is 18.1 Å². The van der Waals surface area contributed by atoms with Crippen LogP contribution in [0.25, 0.3) is 0 Å². The second-order valence-corrected chi connectivity index (χ2v) is 25.6. The number of unbranched alkanes of at least 4 members (excludes halogenated alkanes) is 5. The highest BCUT2D eigenvalue weighted by Gasteiger charge is 2.27. The van der Waals surface area contributed by atoms with Crippen molar-refractivity contribution in [1.29, 1.82) is 0 Å². The monoisotopic (exact) mass is 1110 g/mol. The summed E-state index contributed by atoms with van der Waals surface area (Å²) in [5, 5.41) is 26.0. The summed E-state index contributed by atoms with van der Waals surface area (Å²) in [6, 6.07) is 1.58. The third-order valence-electron chi connectivity index (χ3n) is 13.2. The average molecular weight is 1110 g/mol. The standard InChI is InChI=1S/C30H60N4O3.C20H40N2O2.C14H30N2O/c1-22(2)15-9-10-18-29(36)32-20-14-12-17-27(33-24(5)6)28(35)21-26(30(37)34-25(7)8)16-11-13-19-31-23(3)4;1-15(2)11-7-8-13-19(23)21-14-10-9-12-18(22-17(5)6)20(24)16(3)4;1-10(2)14(17)13(16-12(5)6)8-7-9-15-11(3)4/h22-27,31,33H,9-21H2,1-8H3,(H,32,36)(H,34,37);15-18,22H,7-14H2,1-6H3,(H,21,23);10-13,15-16H,7-9H2,1-6H3. The average Bonchev–Trinajstić information content (AvgIpc) is 3.32. The van der Waals surface area contributed by atoms with Crippen molar-refractivity contribution in [2.75, 3.05) is 26.2 Å². The van der Waals surface area contributed by atoms with E-state index in [4.69, 9.17) is 0 Å². The molecule has 3 amide bonds. The molecule has 0 aromatic heterocycles. The number of nitrogens with one attached hydrogen (secondary N) is 8. The predicted molar refractivity (Wildman–Crippen MR) is 332 cm³/mol. The molecular weight excluding hydrogens is 977 g/mol. The molecular formula is C64H130N8O6. The summed E-state index contributed by atoms with van der Waals surface area (Å²) in [7, 11) is 0. The van der Waals surface area contributed by atoms with Crippen LogP contribution in [0.1, 0.15) is 267 Å². The molecule has 4 unspecified atom stereocenters. The van der Waals surface area contributed by atoms with Crippen LogP contribution < -0.4 is 42.5 Å². The fraction of sp³-hybridized carbons (Fsp3) is 0.906. The molecule has 0 fully saturated rings. The Balaban J connectivity index is -0.00000117. The first-order valence-electron chi connectivity index (χ1n) is 31.7. The summed E-state index contributed by atoms with van der Waals surface area (Å²) in [5.74, 6) is 2.30. The molecule has 0 aromatic carbocycles. The Hall–Kier alpha value is -2.78. The Morgan fingerprint density at radius 1 is 0.333 bits per heavy atom. The van der Waals surface area contributed by atoms with E-state index in [9.17, 15) is 28.8 Å². The summed E-state index contributed by atoms with van der Waals surface area (Å²) in [6.45, 7) is 44.8. The summed E-state index contributed by atoms with van der Waals surface area (Å²) in [5.41, 5.74) is 0. The van der Waals surface area contributed by atoms with Gasteiger partial charge in [-0.1, -0.05) is 157 Å². The van der Waals surface area contributed by atoms with Crippen molar-refractivity contribution in [1.82, 2.24) is 42.5 Å². The number of hydrogen-bond donors (Lipinski definition) is 8. The van der Waals surface area contributed by atoms with Gasteiger partial charge in [0.25, 0.3) is 0 Å². The van der Waals surface area contributed by atoms with Crippen LogP contribution in [0.3, 0.4) is 0 Å². The molecule has 0 aliphatic heterocycles. The molecule has 0 spiro atoms. The normalized spacial score (nSPS) is 13.3. The van der Waals surface area contributed by atoms with E-state index < -0.39 is 0 Å². The lowest BCUT2D eigenvalue weighted by molar-refractivity contribution is -0.131. The molecule has 14 nitrogen and oxygen atoms in total. The Kier molecular flexibility index (Phi) is 50.9. The first-order valence-corrected chi connectivity index (χ1v) is 31.7. The molecule has 0 saturated heterocycles. The van der Waals surface area contributed by atoms with Crippen LogP contribution in [0.2, 0.25) is 0 Å². The van der Waals surface area contributed by atoms with Crippen molar-refractivity contribution in [3.05, 3.63) is 0 Å². The number of carbonyl (C=O) groups excluding carboxylic acids is 6. The van der Waals surface area contributed by atoms with E-state index in [2.05, 4.69) is 126 Å². The van der Waals surface area contributed by atoms with Crippen molar-refractivity contribution in [3.63, 3.8) is 0 Å². The van der Waals surface area contributed by atoms with E-state index >= 15 is 0 Å². The maximum absolute atomic E-state index is 13.3. The number of ketones is 3. The van der Waals surface area contributed by atoms with Gasteiger partial charge in [-0.15, -0.1) is 0 Å². The summed E-state index contributed by atoms with van der Waals surface area (Å²) >= 11 is 0. The van der Waals surface area contributed by atoms with Crippen molar-refractivity contribution in [2.24, 2.45) is 29.6 Å². The minimum Gasteiger partial charge on any atom is -0.356 e. The lowest BCUT2D eigenvalue weighted by Crippen LogP contribution is -2.43. The zero-order valence-electron chi connectivity index (χ0n) is 54.5. The van der Waals surface area contributed by atoms with Crippen LogP contribution in [-0.4, -0.2) is 116 Å². The van der Waals surface area contributed by atoms with Crippen LogP contribution in [0.4, 0.5) is 0 Å². The van der Waals surface area contributed by atoms with Gasteiger partial charge in [-0.2, -0.15) is 0 Å². The maximum Gasteiger partial charge on any atom is 0.223 e. The predicted octanol–water partition coefficient (Wildman–Crippen LogP) is 11.6. The largest absolute Gasteiger partial charge is 0.356 e. The Labute approximate surface area is 481 Å². The number of amides is 3. The Bertz CT molecular complexity index is 1510. The second kappa shape index (κ2) is 50.0. The molecule has 8 N–H and O–H groups in total. The number of hydrogen-bond acceptors (Lipinski definition) is 11. The fourth-order valence-electron chi connectivity index (χ4n) is 8.94. The van der Waals surface area contributed by atoms with Gasteiger partial charge in [0.15, 0.2) is 17.3 Å². The number of Topliss-reactive ketones (excluding diaryl/α,β-unsaturated/α-hetero) is 3. The van der Waals surface area contributed by atoms with Gasteiger partial charge >= 0.3 is 0 Å². The van der Waals surface area contributed by atoms with Gasteiger partial charge in [0.1, 0.15) is 0 Å². The van der Waals surface area contributed by atoms with Crippen molar-refractivity contribution in [3.8, 4) is 0 Å². The lowest BCUT2D eigenvalue weighted by atomic mass is 9.90. The van der Waals surface area contributed by atoms with Crippen LogP contribution >= 0.6 is 0 Å². The van der Waals surface area contributed by atoms with Crippen molar-refractivity contribution < 1.29 is 28.8 Å². The lowest BCUT2D eigenvalue weighted by Gasteiger charge is -2.24. The van der Waals surface area contributed by atoms with Gasteiger partial charge < -0.3 is 42.5 Å². The van der Waals surface area contributed by atoms with Gasteiger partial charge in [0.2, 0.25) is 17.7 Å². The third kappa shape index (κ3) is 51.4. The first kappa shape index (κ1) is 79.4. The summed E-state index contributed by atoms with van der Waals surface area (Å²) in [6.07, 6.45) is 17.8. The highest BCUT2D eigenvalue weighted by Crippen LogP contribution is 2.18. The molecule has 0 bridgehead atoms. The number of carbonyl (C=O) groups is 6. The van der Waals surface area contributed by atoms with Gasteiger partial charge in [-0.3, -0.25) is 28.8 Å². The molecule has 4 atom stereocenters. The van der Waals surface area contributed by atoms with E-state index in [1.54, 1.807) is 0 Å². The van der Waals surface area contributed by atoms with Gasteiger partial charge in [0, 0.05) is 86.4 Å². The van der Waals surface area contributed by atoms with E-state index in [0.717, 1.165) is 109 Å². The van der Waals surface area contributed by atoms with Crippen LogP contribution in [0, 0.1) is 29.6 Å². The van der Waals surface area contributed by atoms with E-state index in [1.165, 1.54) is 12.8 Å². The smallest absolute Gasteiger partial charge is 0.223 e. The van der Waals surface area contributed by atoms with Gasteiger partial charge in [-0.05, 0) is 116 Å². The van der Waals surface area contributed by atoms with Crippen LogP contribution in [-0.2, 0) is 28.8 Å². The molecule has 0 aliphatic rings. The number of rotatable bonds is 46. The third-order valence-corrected chi connectivity index (χ3v) is 13.2. The van der Waals surface area contributed by atoms with Crippen molar-refractivity contribution >= 4 is 35.1 Å². The molecule has 0 heterocycles. The highest BCUT2D eigenvalue weighted by molar-refractivity contribution is 5.90. The molecule has 0 radical (unpaired) electrons. The van der Waals surface area contributed by atoms with Gasteiger partial charge in [-0.25, -0.2) is 0 Å². The highest BCUT2D eigenvalue weighted by atomic mass is 16.2. The molecule has 0 saturated carbocycles. The second-order valence-electron chi connectivity index (χ2n) is 25.6. The zero-order chi connectivity index (χ0) is 60.2. The quantitative estimate of drug-likeness (QED) is 0.0270. The molecule has 462 valence electrons. The van der Waals surface area contributed by atoms with E-state index in [1.807, 2.05) is 55.4 Å².